The van der Waals surface area contributed by atoms with Crippen molar-refractivity contribution in [1.82, 2.24) is 0 Å². The van der Waals surface area contributed by atoms with Gasteiger partial charge < -0.3 is 14.2 Å². The maximum Gasteiger partial charge on any atom is 0.306 e. The molecule has 0 saturated carbocycles. The quantitative estimate of drug-likeness (QED) is 0.0384. The summed E-state index contributed by atoms with van der Waals surface area (Å²) < 4.78 is 17.0. The summed E-state index contributed by atoms with van der Waals surface area (Å²) in [5.74, 6) is -0.414. The zero-order valence-corrected chi connectivity index (χ0v) is 30.8. The van der Waals surface area contributed by atoms with Crippen LogP contribution in [0.15, 0.2) is 24.3 Å². The highest BCUT2D eigenvalue weighted by Crippen LogP contribution is 2.13. The lowest BCUT2D eigenvalue weighted by Crippen LogP contribution is -2.30. The van der Waals surface area contributed by atoms with E-state index >= 15 is 0 Å². The van der Waals surface area contributed by atoms with Gasteiger partial charge in [-0.2, -0.15) is 0 Å². The van der Waals surface area contributed by atoms with Gasteiger partial charge in [0.15, 0.2) is 6.10 Å². The molecule has 0 aromatic heterocycles. The van der Waals surface area contributed by atoms with E-state index in [0.717, 1.165) is 51.4 Å². The summed E-state index contributed by atoms with van der Waals surface area (Å²) in [5.41, 5.74) is 0. The topological polar surface area (TPSA) is 61.8 Å². The Morgan fingerprint density at radius 3 is 1.48 bits per heavy atom. The lowest BCUT2D eigenvalue weighted by Gasteiger charge is -2.18. The van der Waals surface area contributed by atoms with Gasteiger partial charge in [-0.25, -0.2) is 0 Å². The maximum atomic E-state index is 12.4. The van der Waals surface area contributed by atoms with E-state index < -0.39 is 6.10 Å². The number of rotatable bonds is 36. The van der Waals surface area contributed by atoms with Crippen LogP contribution in [0.4, 0.5) is 0 Å². The first-order chi connectivity index (χ1) is 22.6. The minimum atomic E-state index is -0.523. The van der Waals surface area contributed by atoms with Crippen molar-refractivity contribution in [2.24, 2.45) is 0 Å². The van der Waals surface area contributed by atoms with Gasteiger partial charge in [-0.1, -0.05) is 161 Å². The zero-order chi connectivity index (χ0) is 33.6. The summed E-state index contributed by atoms with van der Waals surface area (Å²) in [6.45, 7) is 7.69. The van der Waals surface area contributed by atoms with Gasteiger partial charge >= 0.3 is 11.9 Å². The van der Waals surface area contributed by atoms with E-state index in [9.17, 15) is 9.59 Å². The SMILES string of the molecule is CCCCC/C=C\C/C=C\CCCCCCCCCCCC(=O)OCC(COCCCCCCCC)OC(=O)CCCCCCC. The summed E-state index contributed by atoms with van der Waals surface area (Å²) >= 11 is 0. The highest BCUT2D eigenvalue weighted by Gasteiger charge is 2.17. The molecule has 46 heavy (non-hydrogen) atoms. The fraction of sp³-hybridized carbons (Fsp3) is 0.854. The molecule has 0 amide bonds. The fourth-order valence-electron chi connectivity index (χ4n) is 5.48. The Morgan fingerprint density at radius 2 is 0.913 bits per heavy atom. The molecule has 0 aromatic carbocycles. The van der Waals surface area contributed by atoms with Crippen LogP contribution in [-0.4, -0.2) is 37.9 Å². The van der Waals surface area contributed by atoms with Crippen LogP contribution >= 0.6 is 0 Å². The number of ether oxygens (including phenoxy) is 3. The van der Waals surface area contributed by atoms with Gasteiger partial charge in [-0.15, -0.1) is 0 Å². The largest absolute Gasteiger partial charge is 0.462 e. The molecule has 0 radical (unpaired) electrons. The van der Waals surface area contributed by atoms with E-state index in [-0.39, 0.29) is 25.2 Å². The van der Waals surface area contributed by atoms with Gasteiger partial charge in [-0.05, 0) is 51.4 Å². The molecule has 0 spiro atoms. The summed E-state index contributed by atoms with van der Waals surface area (Å²) in [6, 6.07) is 0. The third-order valence-electron chi connectivity index (χ3n) is 8.49. The normalized spacial score (nSPS) is 12.3. The Kier molecular flexibility index (Phi) is 36.5. The molecule has 0 heterocycles. The molecule has 0 fully saturated rings. The average molecular weight is 649 g/mol. The number of hydrogen-bond donors (Lipinski definition) is 0. The van der Waals surface area contributed by atoms with Crippen LogP contribution in [0.3, 0.4) is 0 Å². The third-order valence-corrected chi connectivity index (χ3v) is 8.49. The van der Waals surface area contributed by atoms with Gasteiger partial charge in [0.05, 0.1) is 6.61 Å². The zero-order valence-electron chi connectivity index (χ0n) is 30.8. The summed E-state index contributed by atoms with van der Waals surface area (Å²) in [4.78, 5) is 24.8. The smallest absolute Gasteiger partial charge is 0.306 e. The lowest BCUT2D eigenvalue weighted by atomic mass is 10.1. The van der Waals surface area contributed by atoms with Crippen molar-refractivity contribution in [2.45, 2.75) is 207 Å². The molecule has 5 heteroatoms. The molecule has 0 saturated heterocycles. The molecular formula is C41H76O5. The molecule has 0 aliphatic rings. The second kappa shape index (κ2) is 37.8. The van der Waals surface area contributed by atoms with Gasteiger partial charge in [0.25, 0.3) is 0 Å². The molecule has 1 atom stereocenters. The minimum Gasteiger partial charge on any atom is -0.462 e. The number of esters is 2. The predicted octanol–water partition coefficient (Wildman–Crippen LogP) is 12.6. The van der Waals surface area contributed by atoms with Gasteiger partial charge in [0, 0.05) is 19.4 Å². The predicted molar refractivity (Wildman–Crippen MR) is 196 cm³/mol. The van der Waals surface area contributed by atoms with E-state index in [1.54, 1.807) is 0 Å². The van der Waals surface area contributed by atoms with E-state index in [2.05, 4.69) is 45.1 Å². The summed E-state index contributed by atoms with van der Waals surface area (Å²) in [6.07, 6.45) is 40.6. The average Bonchev–Trinajstić information content (AvgIpc) is 3.05. The van der Waals surface area contributed by atoms with Crippen molar-refractivity contribution in [3.63, 3.8) is 0 Å². The Labute approximate surface area is 286 Å². The van der Waals surface area contributed by atoms with Crippen LogP contribution in [-0.2, 0) is 23.8 Å². The summed E-state index contributed by atoms with van der Waals surface area (Å²) in [7, 11) is 0. The maximum absolute atomic E-state index is 12.4. The Morgan fingerprint density at radius 1 is 0.478 bits per heavy atom. The van der Waals surface area contributed by atoms with Gasteiger partial charge in [0.2, 0.25) is 0 Å². The van der Waals surface area contributed by atoms with Crippen LogP contribution in [0.5, 0.6) is 0 Å². The number of carbonyl (C=O) groups excluding carboxylic acids is 2. The van der Waals surface area contributed by atoms with Crippen LogP contribution in [0.25, 0.3) is 0 Å². The molecule has 0 aliphatic carbocycles. The van der Waals surface area contributed by atoms with Crippen molar-refractivity contribution < 1.29 is 23.8 Å². The van der Waals surface area contributed by atoms with E-state index in [4.69, 9.17) is 14.2 Å². The first-order valence-corrected chi connectivity index (χ1v) is 19.9. The number of unbranched alkanes of at least 4 members (excludes halogenated alkanes) is 21. The fourth-order valence-corrected chi connectivity index (χ4v) is 5.48. The van der Waals surface area contributed by atoms with Crippen LogP contribution in [0.2, 0.25) is 0 Å². The molecule has 270 valence electrons. The van der Waals surface area contributed by atoms with Crippen molar-refractivity contribution in [3.8, 4) is 0 Å². The van der Waals surface area contributed by atoms with Crippen LogP contribution in [0, 0.1) is 0 Å². The Hall–Kier alpha value is -1.62. The summed E-state index contributed by atoms with van der Waals surface area (Å²) in [5, 5.41) is 0. The number of allylic oxidation sites excluding steroid dienone is 4. The number of carbonyl (C=O) groups is 2. The van der Waals surface area contributed by atoms with Crippen molar-refractivity contribution in [1.29, 1.82) is 0 Å². The standard InChI is InChI=1S/C41H76O5/c1-4-7-10-13-15-16-17-18-19-20-21-22-23-24-25-26-27-29-31-34-40(42)45-38-39(37-44-36-33-30-14-11-8-5-2)46-41(43)35-32-28-12-9-6-3/h15-16,18-19,39H,4-14,17,20-38H2,1-3H3/b16-15-,19-18-. The van der Waals surface area contributed by atoms with Gasteiger partial charge in [-0.3, -0.25) is 9.59 Å². The van der Waals surface area contributed by atoms with Crippen LogP contribution in [0.1, 0.15) is 201 Å². The number of hydrogen-bond acceptors (Lipinski definition) is 5. The molecular weight excluding hydrogens is 572 g/mol. The highest BCUT2D eigenvalue weighted by molar-refractivity contribution is 5.70. The first kappa shape index (κ1) is 44.4. The Bertz CT molecular complexity index is 701. The van der Waals surface area contributed by atoms with Gasteiger partial charge in [0.1, 0.15) is 6.61 Å². The molecule has 0 aromatic rings. The second-order valence-electron chi connectivity index (χ2n) is 13.2. The molecule has 0 aliphatic heterocycles. The third kappa shape index (κ3) is 35.2. The minimum absolute atomic E-state index is 0.0862. The first-order valence-electron chi connectivity index (χ1n) is 19.9. The highest BCUT2D eigenvalue weighted by atomic mass is 16.6. The lowest BCUT2D eigenvalue weighted by molar-refractivity contribution is -0.163. The van der Waals surface area contributed by atoms with Crippen LogP contribution < -0.4 is 0 Å². The van der Waals surface area contributed by atoms with Crippen molar-refractivity contribution in [2.75, 3.05) is 19.8 Å². The monoisotopic (exact) mass is 649 g/mol. The second-order valence-corrected chi connectivity index (χ2v) is 13.2. The van der Waals surface area contributed by atoms with E-state index in [0.29, 0.717) is 19.4 Å². The molecule has 5 nitrogen and oxygen atoms in total. The molecule has 1 unspecified atom stereocenters. The van der Waals surface area contributed by atoms with Crippen molar-refractivity contribution in [3.05, 3.63) is 24.3 Å². The molecule has 0 rings (SSSR count). The molecule has 0 N–H and O–H groups in total. The Balaban J connectivity index is 3.94. The molecule has 0 bridgehead atoms. The van der Waals surface area contributed by atoms with E-state index in [1.807, 2.05) is 0 Å². The van der Waals surface area contributed by atoms with E-state index in [1.165, 1.54) is 116 Å². The van der Waals surface area contributed by atoms with Crippen molar-refractivity contribution >= 4 is 11.9 Å².